The Hall–Kier alpha value is -1.00. The van der Waals surface area contributed by atoms with Gasteiger partial charge in [-0.05, 0) is 56.8 Å². The van der Waals surface area contributed by atoms with E-state index in [2.05, 4.69) is 4.90 Å². The molecule has 1 N–H and O–H groups in total. The van der Waals surface area contributed by atoms with Gasteiger partial charge in [0.2, 0.25) is 0 Å². The number of aliphatic hydroxyl groups excluding tert-OH is 1. The first-order valence-electron chi connectivity index (χ1n) is 6.86. The molecule has 0 bridgehead atoms. The van der Waals surface area contributed by atoms with Gasteiger partial charge in [0.05, 0.1) is 6.10 Å². The minimum absolute atomic E-state index is 0.0386. The molecule has 106 valence electrons. The maximum atomic E-state index is 13.3. The van der Waals surface area contributed by atoms with Gasteiger partial charge in [-0.15, -0.1) is 0 Å². The Labute approximate surface area is 113 Å². The molecule has 0 spiro atoms. The first-order chi connectivity index (χ1) is 8.99. The van der Waals surface area contributed by atoms with Gasteiger partial charge >= 0.3 is 0 Å². The third kappa shape index (κ3) is 3.31. The fourth-order valence-corrected chi connectivity index (χ4v) is 2.77. The summed E-state index contributed by atoms with van der Waals surface area (Å²) in [6.07, 6.45) is 1.74. The van der Waals surface area contributed by atoms with Crippen molar-refractivity contribution in [1.29, 1.82) is 0 Å². The zero-order valence-corrected chi connectivity index (χ0v) is 11.4. The molecule has 19 heavy (non-hydrogen) atoms. The third-order valence-electron chi connectivity index (χ3n) is 4.15. The number of rotatable bonds is 3. The zero-order chi connectivity index (χ0) is 14.0. The fourth-order valence-electron chi connectivity index (χ4n) is 2.77. The van der Waals surface area contributed by atoms with Crippen LogP contribution < -0.4 is 0 Å². The number of hydrogen-bond donors (Lipinski definition) is 1. The lowest BCUT2D eigenvalue weighted by atomic mass is 9.91. The van der Waals surface area contributed by atoms with E-state index in [0.717, 1.165) is 31.5 Å². The molecule has 1 fully saturated rings. The Balaban J connectivity index is 2.10. The summed E-state index contributed by atoms with van der Waals surface area (Å²) in [6, 6.07) is 4.12. The van der Waals surface area contributed by atoms with Crippen molar-refractivity contribution in [3.8, 4) is 0 Å². The monoisotopic (exact) mass is 269 g/mol. The third-order valence-corrected chi connectivity index (χ3v) is 4.15. The second kappa shape index (κ2) is 5.97. The highest BCUT2D eigenvalue weighted by atomic mass is 19.2. The summed E-state index contributed by atoms with van der Waals surface area (Å²) < 4.78 is 26.2. The Morgan fingerprint density at radius 1 is 1.26 bits per heavy atom. The molecule has 0 aliphatic carbocycles. The average Bonchev–Trinajstić information content (AvgIpc) is 2.41. The summed E-state index contributed by atoms with van der Waals surface area (Å²) in [5.74, 6) is -1.34. The van der Waals surface area contributed by atoms with Crippen molar-refractivity contribution in [2.24, 2.45) is 5.92 Å². The van der Waals surface area contributed by atoms with E-state index in [1.165, 1.54) is 12.1 Å². The predicted octanol–water partition coefficient (Wildman–Crippen LogP) is 3.12. The lowest BCUT2D eigenvalue weighted by molar-refractivity contribution is 0.0470. The van der Waals surface area contributed by atoms with E-state index in [4.69, 9.17) is 0 Å². The molecule has 4 heteroatoms. The standard InChI is InChI=1S/C15H21F2NO/c1-10(12-5-6-14(16)15(17)8-12)18-7-3-4-13(9-18)11(2)19/h5-6,8,10-11,13,19H,3-4,7,9H2,1-2H3. The highest BCUT2D eigenvalue weighted by Gasteiger charge is 2.27. The van der Waals surface area contributed by atoms with Gasteiger partial charge in [-0.1, -0.05) is 6.07 Å². The SMILES string of the molecule is CC(O)C1CCCN(C(C)c2ccc(F)c(F)c2)C1. The van der Waals surface area contributed by atoms with Crippen molar-refractivity contribution in [2.75, 3.05) is 13.1 Å². The molecule has 0 aromatic heterocycles. The minimum atomic E-state index is -0.809. The van der Waals surface area contributed by atoms with E-state index in [1.54, 1.807) is 6.07 Å². The van der Waals surface area contributed by atoms with Gasteiger partial charge < -0.3 is 5.11 Å². The van der Waals surface area contributed by atoms with Crippen LogP contribution in [0.2, 0.25) is 0 Å². The van der Waals surface area contributed by atoms with Crippen LogP contribution in [0, 0.1) is 17.6 Å². The van der Waals surface area contributed by atoms with Gasteiger partial charge in [-0.3, -0.25) is 4.90 Å². The van der Waals surface area contributed by atoms with Gasteiger partial charge in [0, 0.05) is 12.6 Å². The van der Waals surface area contributed by atoms with Gasteiger partial charge in [0.25, 0.3) is 0 Å². The lowest BCUT2D eigenvalue weighted by Crippen LogP contribution is -2.40. The minimum Gasteiger partial charge on any atom is -0.393 e. The van der Waals surface area contributed by atoms with Crippen molar-refractivity contribution >= 4 is 0 Å². The van der Waals surface area contributed by atoms with Gasteiger partial charge in [0.1, 0.15) is 0 Å². The van der Waals surface area contributed by atoms with Crippen LogP contribution in [-0.4, -0.2) is 29.2 Å². The van der Waals surface area contributed by atoms with Crippen molar-refractivity contribution in [1.82, 2.24) is 4.90 Å². The summed E-state index contributed by atoms with van der Waals surface area (Å²) in [5.41, 5.74) is 0.783. The van der Waals surface area contributed by atoms with E-state index < -0.39 is 11.6 Å². The van der Waals surface area contributed by atoms with Crippen LogP contribution in [0.3, 0.4) is 0 Å². The molecule has 1 aromatic rings. The quantitative estimate of drug-likeness (QED) is 0.911. The Kier molecular flexibility index (Phi) is 4.53. The normalized spacial score (nSPS) is 24.2. The molecule has 3 unspecified atom stereocenters. The first kappa shape index (κ1) is 14.4. The molecule has 1 aliphatic heterocycles. The topological polar surface area (TPSA) is 23.5 Å². The first-order valence-corrected chi connectivity index (χ1v) is 6.86. The van der Waals surface area contributed by atoms with E-state index in [1.807, 2.05) is 13.8 Å². The van der Waals surface area contributed by atoms with Gasteiger partial charge in [0.15, 0.2) is 11.6 Å². The molecule has 3 atom stereocenters. The number of benzene rings is 1. The molecule has 1 aromatic carbocycles. The molecule has 1 aliphatic rings. The summed E-state index contributed by atoms with van der Waals surface area (Å²) in [7, 11) is 0. The van der Waals surface area contributed by atoms with Crippen LogP contribution in [0.15, 0.2) is 18.2 Å². The number of halogens is 2. The summed E-state index contributed by atoms with van der Waals surface area (Å²) in [5, 5.41) is 9.69. The molecule has 0 radical (unpaired) electrons. The largest absolute Gasteiger partial charge is 0.393 e. The number of hydrogen-bond acceptors (Lipinski definition) is 2. The molecular weight excluding hydrogens is 248 g/mol. The molecule has 1 saturated heterocycles. The van der Waals surface area contributed by atoms with Crippen LogP contribution in [0.25, 0.3) is 0 Å². The van der Waals surface area contributed by atoms with Crippen molar-refractivity contribution in [2.45, 2.75) is 38.8 Å². The molecular formula is C15H21F2NO. The molecule has 2 rings (SSSR count). The van der Waals surface area contributed by atoms with E-state index in [9.17, 15) is 13.9 Å². The Morgan fingerprint density at radius 2 is 2.00 bits per heavy atom. The summed E-state index contributed by atoms with van der Waals surface area (Å²) >= 11 is 0. The van der Waals surface area contributed by atoms with Crippen LogP contribution in [-0.2, 0) is 0 Å². The number of likely N-dealkylation sites (tertiary alicyclic amines) is 1. The van der Waals surface area contributed by atoms with E-state index in [-0.39, 0.29) is 18.1 Å². The fraction of sp³-hybridized carbons (Fsp3) is 0.600. The zero-order valence-electron chi connectivity index (χ0n) is 11.4. The van der Waals surface area contributed by atoms with Crippen LogP contribution in [0.4, 0.5) is 8.78 Å². The molecule has 0 saturated carbocycles. The van der Waals surface area contributed by atoms with Crippen LogP contribution in [0.5, 0.6) is 0 Å². The Morgan fingerprint density at radius 3 is 2.63 bits per heavy atom. The predicted molar refractivity (Wildman–Crippen MR) is 70.8 cm³/mol. The maximum Gasteiger partial charge on any atom is 0.159 e. The van der Waals surface area contributed by atoms with Crippen LogP contribution in [0.1, 0.15) is 38.3 Å². The average molecular weight is 269 g/mol. The lowest BCUT2D eigenvalue weighted by Gasteiger charge is -2.38. The van der Waals surface area contributed by atoms with Crippen LogP contribution >= 0.6 is 0 Å². The molecule has 0 amide bonds. The van der Waals surface area contributed by atoms with E-state index >= 15 is 0 Å². The summed E-state index contributed by atoms with van der Waals surface area (Å²) in [4.78, 5) is 2.23. The van der Waals surface area contributed by atoms with Crippen molar-refractivity contribution < 1.29 is 13.9 Å². The highest BCUT2D eigenvalue weighted by molar-refractivity contribution is 5.21. The smallest absolute Gasteiger partial charge is 0.159 e. The van der Waals surface area contributed by atoms with Gasteiger partial charge in [-0.2, -0.15) is 0 Å². The van der Waals surface area contributed by atoms with E-state index in [0.29, 0.717) is 0 Å². The number of aliphatic hydroxyl groups is 1. The van der Waals surface area contributed by atoms with Crippen molar-refractivity contribution in [3.63, 3.8) is 0 Å². The second-order valence-corrected chi connectivity index (χ2v) is 5.49. The molecule has 1 heterocycles. The molecule has 2 nitrogen and oxygen atoms in total. The number of piperidine rings is 1. The highest BCUT2D eigenvalue weighted by Crippen LogP contribution is 2.28. The maximum absolute atomic E-state index is 13.3. The Bertz CT molecular complexity index is 436. The number of nitrogens with zero attached hydrogens (tertiary/aromatic N) is 1. The summed E-state index contributed by atoms with van der Waals surface area (Å²) in [6.45, 7) is 5.55. The van der Waals surface area contributed by atoms with Crippen molar-refractivity contribution in [3.05, 3.63) is 35.4 Å². The van der Waals surface area contributed by atoms with Gasteiger partial charge in [-0.25, -0.2) is 8.78 Å². The second-order valence-electron chi connectivity index (χ2n) is 5.49.